The number of rotatable bonds is 8. The van der Waals surface area contributed by atoms with Gasteiger partial charge in [-0.25, -0.2) is 0 Å². The number of carbonyl (C=O) groups is 4. The molecule has 132 valence electrons. The summed E-state index contributed by atoms with van der Waals surface area (Å²) in [6.07, 6.45) is 0. The van der Waals surface area contributed by atoms with Crippen molar-refractivity contribution in [3.63, 3.8) is 0 Å². The van der Waals surface area contributed by atoms with Crippen LogP contribution in [0.5, 0.6) is 0 Å². The molecule has 0 fully saturated rings. The van der Waals surface area contributed by atoms with Gasteiger partial charge in [-0.15, -0.1) is 0 Å². The third-order valence-corrected chi connectivity index (χ3v) is 3.14. The van der Waals surface area contributed by atoms with Crippen LogP contribution in [0.2, 0.25) is 0 Å². The Hall–Kier alpha value is -2.16. The van der Waals surface area contributed by atoms with Crippen LogP contribution in [0.3, 0.4) is 0 Å². The van der Waals surface area contributed by atoms with Crippen molar-refractivity contribution >= 4 is 23.7 Å². The summed E-state index contributed by atoms with van der Waals surface area (Å²) in [5, 5.41) is 16.0. The number of hydrogen-bond acceptors (Lipinski definition) is 5. The Bertz CT molecular complexity index is 464. The lowest BCUT2D eigenvalue weighted by Crippen LogP contribution is -2.57. The van der Waals surface area contributed by atoms with Gasteiger partial charge in [0, 0.05) is 0 Å². The minimum absolute atomic E-state index is 0.217. The first-order valence-electron chi connectivity index (χ1n) is 7.36. The Kier molecular flexibility index (Phi) is 8.23. The molecule has 9 nitrogen and oxygen atoms in total. The molecule has 0 radical (unpaired) electrons. The summed E-state index contributed by atoms with van der Waals surface area (Å²) in [6.45, 7) is 7.71. The summed E-state index contributed by atoms with van der Waals surface area (Å²) in [6, 6.07) is -3.62. The van der Waals surface area contributed by atoms with Gasteiger partial charge in [0.25, 0.3) is 0 Å². The van der Waals surface area contributed by atoms with E-state index in [2.05, 4.69) is 16.0 Å². The van der Waals surface area contributed by atoms with Crippen molar-refractivity contribution in [2.75, 3.05) is 0 Å². The fraction of sp³-hybridized carbons (Fsp3) is 0.714. The van der Waals surface area contributed by atoms with Gasteiger partial charge in [-0.1, -0.05) is 13.8 Å². The monoisotopic (exact) mass is 330 g/mol. The molecule has 0 saturated carbocycles. The molecule has 6 N–H and O–H groups in total. The maximum Gasteiger partial charge on any atom is 0.325 e. The molecule has 0 unspecified atom stereocenters. The molecule has 0 aliphatic heterocycles. The van der Waals surface area contributed by atoms with Gasteiger partial charge in [0.1, 0.15) is 18.1 Å². The second-order valence-electron chi connectivity index (χ2n) is 5.82. The second-order valence-corrected chi connectivity index (χ2v) is 5.82. The molecule has 0 aromatic carbocycles. The fourth-order valence-electron chi connectivity index (χ4n) is 1.59. The van der Waals surface area contributed by atoms with Crippen LogP contribution in [0.4, 0.5) is 0 Å². The first kappa shape index (κ1) is 20.8. The number of hydrogen-bond donors (Lipinski definition) is 5. The number of nitrogens with two attached hydrogens (primary N) is 1. The molecule has 0 heterocycles. The molecule has 0 aromatic heterocycles. The molecule has 0 rings (SSSR count). The average molecular weight is 330 g/mol. The first-order valence-corrected chi connectivity index (χ1v) is 7.36. The minimum atomic E-state index is -1.18. The normalized spacial score (nSPS) is 16.0. The molecule has 3 amide bonds. The van der Waals surface area contributed by atoms with Gasteiger partial charge in [0.15, 0.2) is 0 Å². The highest BCUT2D eigenvalue weighted by atomic mass is 16.4. The molecule has 0 spiro atoms. The molecule has 4 atom stereocenters. The zero-order valence-electron chi connectivity index (χ0n) is 14.0. The van der Waals surface area contributed by atoms with Crippen molar-refractivity contribution in [3.8, 4) is 0 Å². The molecule has 9 heteroatoms. The van der Waals surface area contributed by atoms with Gasteiger partial charge >= 0.3 is 5.97 Å². The highest BCUT2D eigenvalue weighted by molar-refractivity contribution is 5.93. The minimum Gasteiger partial charge on any atom is -0.480 e. The smallest absolute Gasteiger partial charge is 0.325 e. The summed E-state index contributed by atoms with van der Waals surface area (Å²) in [4.78, 5) is 46.4. The van der Waals surface area contributed by atoms with E-state index in [4.69, 9.17) is 10.8 Å². The third kappa shape index (κ3) is 7.09. The van der Waals surface area contributed by atoms with Crippen LogP contribution < -0.4 is 21.7 Å². The van der Waals surface area contributed by atoms with E-state index in [1.165, 1.54) is 20.8 Å². The Morgan fingerprint density at radius 1 is 0.783 bits per heavy atom. The highest BCUT2D eigenvalue weighted by Gasteiger charge is 2.28. The van der Waals surface area contributed by atoms with Crippen molar-refractivity contribution in [1.29, 1.82) is 0 Å². The summed E-state index contributed by atoms with van der Waals surface area (Å²) < 4.78 is 0. The summed E-state index contributed by atoms with van der Waals surface area (Å²) in [7, 11) is 0. The van der Waals surface area contributed by atoms with E-state index in [0.29, 0.717) is 0 Å². The van der Waals surface area contributed by atoms with Gasteiger partial charge in [-0.3, -0.25) is 19.2 Å². The largest absolute Gasteiger partial charge is 0.480 e. The molecule has 0 saturated heterocycles. The van der Waals surface area contributed by atoms with Gasteiger partial charge in [-0.2, -0.15) is 0 Å². The molecule has 0 aromatic rings. The van der Waals surface area contributed by atoms with E-state index in [-0.39, 0.29) is 5.92 Å². The van der Waals surface area contributed by atoms with Crippen LogP contribution in [0.1, 0.15) is 34.6 Å². The van der Waals surface area contributed by atoms with Crippen LogP contribution in [0.15, 0.2) is 0 Å². The first-order chi connectivity index (χ1) is 10.5. The fourth-order valence-corrected chi connectivity index (χ4v) is 1.59. The molecule has 0 aliphatic carbocycles. The van der Waals surface area contributed by atoms with E-state index in [1.54, 1.807) is 13.8 Å². The number of amides is 3. The zero-order chi connectivity index (χ0) is 18.3. The number of carboxylic acid groups (broad SMARTS) is 1. The van der Waals surface area contributed by atoms with E-state index in [0.717, 1.165) is 0 Å². The number of nitrogens with one attached hydrogen (secondary N) is 3. The summed E-state index contributed by atoms with van der Waals surface area (Å²) in [5.74, 6) is -3.05. The second kappa shape index (κ2) is 9.09. The van der Waals surface area contributed by atoms with E-state index >= 15 is 0 Å². The van der Waals surface area contributed by atoms with Crippen LogP contribution >= 0.6 is 0 Å². The molecule has 0 aliphatic rings. The number of carboxylic acids is 1. The predicted molar refractivity (Wildman–Crippen MR) is 83.3 cm³/mol. The van der Waals surface area contributed by atoms with Gasteiger partial charge < -0.3 is 26.8 Å². The highest BCUT2D eigenvalue weighted by Crippen LogP contribution is 2.03. The van der Waals surface area contributed by atoms with Crippen molar-refractivity contribution in [2.24, 2.45) is 11.7 Å². The maximum absolute atomic E-state index is 12.2. The molecular weight excluding hydrogens is 304 g/mol. The Labute approximate surface area is 135 Å². The van der Waals surface area contributed by atoms with Crippen molar-refractivity contribution in [3.05, 3.63) is 0 Å². The van der Waals surface area contributed by atoms with Crippen LogP contribution in [0, 0.1) is 5.92 Å². The number of carbonyl (C=O) groups excluding carboxylic acids is 3. The SMILES string of the molecule is CC(C)[C@H](NC(=O)[C@H](C)N)C(=O)N[C@@H](C)C(=O)N[C@@H](C)C(=O)O. The van der Waals surface area contributed by atoms with Crippen molar-refractivity contribution in [2.45, 2.75) is 58.8 Å². The van der Waals surface area contributed by atoms with E-state index < -0.39 is 47.9 Å². The quantitative estimate of drug-likeness (QED) is 0.368. The Morgan fingerprint density at radius 3 is 1.65 bits per heavy atom. The van der Waals surface area contributed by atoms with E-state index in [9.17, 15) is 19.2 Å². The van der Waals surface area contributed by atoms with Gasteiger partial charge in [-0.05, 0) is 26.7 Å². The topological polar surface area (TPSA) is 151 Å². The molecule has 23 heavy (non-hydrogen) atoms. The lowest BCUT2D eigenvalue weighted by atomic mass is 10.0. The van der Waals surface area contributed by atoms with Crippen molar-refractivity contribution < 1.29 is 24.3 Å². The average Bonchev–Trinajstić information content (AvgIpc) is 2.43. The van der Waals surface area contributed by atoms with E-state index in [1.807, 2.05) is 0 Å². The third-order valence-electron chi connectivity index (χ3n) is 3.14. The number of aliphatic carboxylic acids is 1. The van der Waals surface area contributed by atoms with Crippen LogP contribution in [-0.4, -0.2) is 53.0 Å². The molecular formula is C14H26N4O5. The van der Waals surface area contributed by atoms with Crippen LogP contribution in [-0.2, 0) is 19.2 Å². The zero-order valence-corrected chi connectivity index (χ0v) is 14.0. The predicted octanol–water partition coefficient (Wildman–Crippen LogP) is -1.43. The van der Waals surface area contributed by atoms with Gasteiger partial charge in [0.2, 0.25) is 17.7 Å². The standard InChI is InChI=1S/C14H26N4O5/c1-6(2)10(18-11(19)7(3)15)13(21)16-8(4)12(20)17-9(5)14(22)23/h6-10H,15H2,1-5H3,(H,16,21)(H,17,20)(H,18,19)(H,22,23)/t7-,8-,9-,10-/m0/s1. The lowest BCUT2D eigenvalue weighted by molar-refractivity contribution is -0.141. The summed E-state index contributed by atoms with van der Waals surface area (Å²) in [5.41, 5.74) is 5.45. The lowest BCUT2D eigenvalue weighted by Gasteiger charge is -2.24. The Morgan fingerprint density at radius 2 is 1.26 bits per heavy atom. The van der Waals surface area contributed by atoms with Crippen LogP contribution in [0.25, 0.3) is 0 Å². The van der Waals surface area contributed by atoms with Gasteiger partial charge in [0.05, 0.1) is 6.04 Å². The van der Waals surface area contributed by atoms with Crippen molar-refractivity contribution in [1.82, 2.24) is 16.0 Å². The maximum atomic E-state index is 12.2. The Balaban J connectivity index is 4.76. The molecule has 0 bridgehead atoms. The summed E-state index contributed by atoms with van der Waals surface area (Å²) >= 11 is 0.